The predicted molar refractivity (Wildman–Crippen MR) is 86.6 cm³/mol. The van der Waals surface area contributed by atoms with Crippen LogP contribution in [0, 0.1) is 12.8 Å². The topological polar surface area (TPSA) is 58.4 Å². The van der Waals surface area contributed by atoms with Crippen molar-refractivity contribution in [2.45, 2.75) is 52.6 Å². The molecule has 1 unspecified atom stereocenters. The Kier molecular flexibility index (Phi) is 3.73. The average Bonchev–Trinajstić information content (AvgIpc) is 2.99. The third-order valence-corrected chi connectivity index (χ3v) is 5.04. The Morgan fingerprint density at radius 3 is 2.61 bits per heavy atom. The van der Waals surface area contributed by atoms with Gasteiger partial charge in [-0.25, -0.2) is 0 Å². The van der Waals surface area contributed by atoms with Crippen molar-refractivity contribution in [3.63, 3.8) is 0 Å². The van der Waals surface area contributed by atoms with Gasteiger partial charge in [-0.15, -0.1) is 0 Å². The summed E-state index contributed by atoms with van der Waals surface area (Å²) in [5.74, 6) is -0.0165. The smallest absolute Gasteiger partial charge is 0.228 e. The number of rotatable bonds is 1. The number of likely N-dealkylation sites (tertiary alicyclic amines) is 1. The summed E-state index contributed by atoms with van der Waals surface area (Å²) in [6, 6.07) is 0. The SMILES string of the molecule is Cc1nn(C)c2c1CCN(C(=O)C1CC(=O)N(C(C)(C)C)C1)C2. The molecule has 2 amide bonds. The Morgan fingerprint density at radius 1 is 1.30 bits per heavy atom. The Labute approximate surface area is 137 Å². The van der Waals surface area contributed by atoms with Crippen molar-refractivity contribution >= 4 is 11.8 Å². The number of carbonyl (C=O) groups is 2. The van der Waals surface area contributed by atoms with E-state index >= 15 is 0 Å². The minimum Gasteiger partial charge on any atom is -0.337 e. The van der Waals surface area contributed by atoms with Gasteiger partial charge in [-0.05, 0) is 39.7 Å². The zero-order valence-electron chi connectivity index (χ0n) is 14.7. The van der Waals surface area contributed by atoms with Crippen LogP contribution >= 0.6 is 0 Å². The van der Waals surface area contributed by atoms with E-state index in [1.54, 1.807) is 0 Å². The van der Waals surface area contributed by atoms with Crippen LogP contribution in [-0.4, -0.2) is 50.0 Å². The highest BCUT2D eigenvalue weighted by atomic mass is 16.2. The Hall–Kier alpha value is -1.85. The summed E-state index contributed by atoms with van der Waals surface area (Å²) in [7, 11) is 1.93. The van der Waals surface area contributed by atoms with Crippen LogP contribution in [-0.2, 0) is 29.6 Å². The number of aryl methyl sites for hydroxylation is 2. The van der Waals surface area contributed by atoms with Crippen molar-refractivity contribution in [2.75, 3.05) is 13.1 Å². The van der Waals surface area contributed by atoms with Crippen molar-refractivity contribution in [1.29, 1.82) is 0 Å². The van der Waals surface area contributed by atoms with Gasteiger partial charge in [-0.1, -0.05) is 0 Å². The molecule has 0 N–H and O–H groups in total. The number of hydrogen-bond acceptors (Lipinski definition) is 3. The largest absolute Gasteiger partial charge is 0.337 e. The normalized spacial score (nSPS) is 21.8. The maximum atomic E-state index is 12.9. The second-order valence-corrected chi connectivity index (χ2v) is 7.72. The van der Waals surface area contributed by atoms with Gasteiger partial charge in [0.05, 0.1) is 23.9 Å². The molecule has 126 valence electrons. The van der Waals surface area contributed by atoms with Crippen LogP contribution < -0.4 is 0 Å². The molecule has 0 bridgehead atoms. The van der Waals surface area contributed by atoms with Gasteiger partial charge in [0.25, 0.3) is 0 Å². The molecule has 1 atom stereocenters. The highest BCUT2D eigenvalue weighted by Gasteiger charge is 2.41. The molecule has 1 aromatic heterocycles. The van der Waals surface area contributed by atoms with E-state index in [1.165, 1.54) is 5.56 Å². The van der Waals surface area contributed by atoms with Crippen molar-refractivity contribution in [2.24, 2.45) is 13.0 Å². The summed E-state index contributed by atoms with van der Waals surface area (Å²) in [6.45, 7) is 9.93. The fourth-order valence-corrected chi connectivity index (χ4v) is 3.75. The van der Waals surface area contributed by atoms with Crippen LogP contribution in [0.1, 0.15) is 44.1 Å². The van der Waals surface area contributed by atoms with E-state index in [9.17, 15) is 9.59 Å². The molecular formula is C17H26N4O2. The summed E-state index contributed by atoms with van der Waals surface area (Å²) >= 11 is 0. The van der Waals surface area contributed by atoms with E-state index in [0.29, 0.717) is 19.5 Å². The molecular weight excluding hydrogens is 292 g/mol. The average molecular weight is 318 g/mol. The lowest BCUT2D eigenvalue weighted by Gasteiger charge is -2.33. The highest BCUT2D eigenvalue weighted by molar-refractivity contribution is 5.89. The van der Waals surface area contributed by atoms with Crippen molar-refractivity contribution in [1.82, 2.24) is 19.6 Å². The molecule has 0 aliphatic carbocycles. The molecule has 1 saturated heterocycles. The molecule has 2 aliphatic heterocycles. The van der Waals surface area contributed by atoms with E-state index in [2.05, 4.69) is 5.10 Å². The summed E-state index contributed by atoms with van der Waals surface area (Å²) in [6.07, 6.45) is 1.19. The van der Waals surface area contributed by atoms with E-state index in [1.807, 2.05) is 49.2 Å². The minimum absolute atomic E-state index is 0.0879. The molecule has 6 heteroatoms. The van der Waals surface area contributed by atoms with Gasteiger partial charge >= 0.3 is 0 Å². The molecule has 3 heterocycles. The van der Waals surface area contributed by atoms with Crippen molar-refractivity contribution in [3.8, 4) is 0 Å². The van der Waals surface area contributed by atoms with Crippen LogP contribution in [0.2, 0.25) is 0 Å². The minimum atomic E-state index is -0.222. The summed E-state index contributed by atoms with van der Waals surface area (Å²) in [4.78, 5) is 28.8. The van der Waals surface area contributed by atoms with Gasteiger partial charge in [0.15, 0.2) is 0 Å². The zero-order valence-corrected chi connectivity index (χ0v) is 14.7. The van der Waals surface area contributed by atoms with Gasteiger partial charge in [0.1, 0.15) is 0 Å². The molecule has 0 spiro atoms. The molecule has 2 aliphatic rings. The zero-order chi connectivity index (χ0) is 16.9. The Morgan fingerprint density at radius 2 is 2.00 bits per heavy atom. The molecule has 0 radical (unpaired) electrons. The van der Waals surface area contributed by atoms with Crippen LogP contribution in [0.5, 0.6) is 0 Å². The first-order valence-electron chi connectivity index (χ1n) is 8.29. The van der Waals surface area contributed by atoms with E-state index < -0.39 is 0 Å². The lowest BCUT2D eigenvalue weighted by Crippen LogP contribution is -2.44. The van der Waals surface area contributed by atoms with Gasteiger partial charge in [0.2, 0.25) is 11.8 Å². The van der Waals surface area contributed by atoms with Gasteiger partial charge in [0, 0.05) is 32.1 Å². The van der Waals surface area contributed by atoms with E-state index in [-0.39, 0.29) is 23.3 Å². The fourth-order valence-electron chi connectivity index (χ4n) is 3.75. The molecule has 1 fully saturated rings. The number of nitrogens with zero attached hydrogens (tertiary/aromatic N) is 4. The van der Waals surface area contributed by atoms with Gasteiger partial charge in [-0.3, -0.25) is 14.3 Å². The molecule has 3 rings (SSSR count). The Bertz CT molecular complexity index is 656. The molecule has 0 aromatic carbocycles. The highest BCUT2D eigenvalue weighted by Crippen LogP contribution is 2.29. The van der Waals surface area contributed by atoms with Crippen molar-refractivity contribution in [3.05, 3.63) is 17.0 Å². The standard InChI is InChI=1S/C17H26N4O2/c1-11-13-6-7-20(10-14(13)19(5)18-11)16(23)12-8-15(22)21(9-12)17(2,3)4/h12H,6-10H2,1-5H3. The van der Waals surface area contributed by atoms with Crippen molar-refractivity contribution < 1.29 is 9.59 Å². The van der Waals surface area contributed by atoms with E-state index in [4.69, 9.17) is 0 Å². The first-order chi connectivity index (χ1) is 10.7. The quantitative estimate of drug-likeness (QED) is 0.783. The van der Waals surface area contributed by atoms with Gasteiger partial charge < -0.3 is 9.80 Å². The van der Waals surface area contributed by atoms with Gasteiger partial charge in [-0.2, -0.15) is 5.10 Å². The lowest BCUT2D eigenvalue weighted by atomic mass is 10.0. The van der Waals surface area contributed by atoms with Crippen LogP contribution in [0.15, 0.2) is 0 Å². The van der Waals surface area contributed by atoms with Crippen LogP contribution in [0.3, 0.4) is 0 Å². The maximum Gasteiger partial charge on any atom is 0.228 e. The summed E-state index contributed by atoms with van der Waals surface area (Å²) in [5, 5.41) is 4.46. The second kappa shape index (κ2) is 5.35. The molecule has 6 nitrogen and oxygen atoms in total. The molecule has 23 heavy (non-hydrogen) atoms. The third kappa shape index (κ3) is 2.75. The number of carbonyl (C=O) groups excluding carboxylic acids is 2. The predicted octanol–water partition coefficient (Wildman–Crippen LogP) is 1.26. The second-order valence-electron chi connectivity index (χ2n) is 7.72. The Balaban J connectivity index is 1.73. The number of hydrogen-bond donors (Lipinski definition) is 0. The monoisotopic (exact) mass is 318 g/mol. The maximum absolute atomic E-state index is 12.9. The lowest BCUT2D eigenvalue weighted by molar-refractivity contribution is -0.136. The number of aromatic nitrogens is 2. The first-order valence-corrected chi connectivity index (χ1v) is 8.29. The van der Waals surface area contributed by atoms with E-state index in [0.717, 1.165) is 24.4 Å². The fraction of sp³-hybridized carbons (Fsp3) is 0.706. The molecule has 1 aromatic rings. The number of fused-ring (bicyclic) bond motifs is 1. The van der Waals surface area contributed by atoms with Crippen LogP contribution in [0.4, 0.5) is 0 Å². The summed E-state index contributed by atoms with van der Waals surface area (Å²) < 4.78 is 1.88. The number of amides is 2. The summed E-state index contributed by atoms with van der Waals surface area (Å²) in [5.41, 5.74) is 3.24. The third-order valence-electron chi connectivity index (χ3n) is 5.04. The van der Waals surface area contributed by atoms with Crippen LogP contribution in [0.25, 0.3) is 0 Å². The molecule has 0 saturated carbocycles. The first kappa shape index (κ1) is 16.0.